The van der Waals surface area contributed by atoms with Crippen LogP contribution in [0, 0.1) is 5.92 Å². The molecule has 196 valence electrons. The molecule has 8 heteroatoms. The SMILES string of the molecule is COCCNC(=O)c1ccc(N2CC3CC(C2)c2cccc(=O)n2C3)c(NC(=O)C=Cc2ccccc2)c1. The van der Waals surface area contributed by atoms with Crippen molar-refractivity contribution in [2.24, 2.45) is 5.92 Å². The lowest BCUT2D eigenvalue weighted by atomic mass is 9.83. The molecule has 1 aromatic heterocycles. The molecule has 3 aromatic rings. The smallest absolute Gasteiger partial charge is 0.251 e. The molecule has 2 N–H and O–H groups in total. The van der Waals surface area contributed by atoms with E-state index in [9.17, 15) is 14.4 Å². The molecule has 2 unspecified atom stereocenters. The molecule has 8 nitrogen and oxygen atoms in total. The van der Waals surface area contributed by atoms with E-state index in [1.54, 1.807) is 31.4 Å². The molecule has 0 radical (unpaired) electrons. The summed E-state index contributed by atoms with van der Waals surface area (Å²) in [4.78, 5) is 40.4. The maximum Gasteiger partial charge on any atom is 0.251 e. The normalized spacial score (nSPS) is 18.2. The van der Waals surface area contributed by atoms with Gasteiger partial charge < -0.3 is 24.8 Å². The van der Waals surface area contributed by atoms with Crippen LogP contribution in [0.5, 0.6) is 0 Å². The van der Waals surface area contributed by atoms with Crippen LogP contribution in [0.4, 0.5) is 11.4 Å². The van der Waals surface area contributed by atoms with Crippen LogP contribution in [0.15, 0.2) is 77.6 Å². The van der Waals surface area contributed by atoms with Gasteiger partial charge in [0.05, 0.1) is 18.0 Å². The number of nitrogens with one attached hydrogen (secondary N) is 2. The summed E-state index contributed by atoms with van der Waals surface area (Å²) in [5.41, 5.74) is 3.93. The van der Waals surface area contributed by atoms with Gasteiger partial charge in [-0.15, -0.1) is 0 Å². The lowest BCUT2D eigenvalue weighted by Gasteiger charge is -2.44. The fraction of sp³-hybridized carbons (Fsp3) is 0.300. The summed E-state index contributed by atoms with van der Waals surface area (Å²) in [5.74, 6) is 0.0312. The van der Waals surface area contributed by atoms with Crippen molar-refractivity contribution in [3.63, 3.8) is 0 Å². The Balaban J connectivity index is 1.42. The Kier molecular flexibility index (Phi) is 7.70. The lowest BCUT2D eigenvalue weighted by Crippen LogP contribution is -2.47. The van der Waals surface area contributed by atoms with Crippen molar-refractivity contribution < 1.29 is 14.3 Å². The van der Waals surface area contributed by atoms with Crippen molar-refractivity contribution in [3.8, 4) is 0 Å². The van der Waals surface area contributed by atoms with Crippen molar-refractivity contribution in [2.75, 3.05) is 43.6 Å². The van der Waals surface area contributed by atoms with Gasteiger partial charge in [-0.25, -0.2) is 0 Å². The summed E-state index contributed by atoms with van der Waals surface area (Å²) in [6.07, 6.45) is 4.29. The van der Waals surface area contributed by atoms with Crippen LogP contribution in [-0.4, -0.2) is 49.7 Å². The van der Waals surface area contributed by atoms with Crippen LogP contribution in [-0.2, 0) is 16.1 Å². The third kappa shape index (κ3) is 5.70. The number of hydrogen-bond acceptors (Lipinski definition) is 5. The van der Waals surface area contributed by atoms with Gasteiger partial charge in [0.1, 0.15) is 0 Å². The number of anilines is 2. The van der Waals surface area contributed by atoms with E-state index in [-0.39, 0.29) is 23.3 Å². The second-order valence-corrected chi connectivity index (χ2v) is 9.82. The predicted molar refractivity (Wildman–Crippen MR) is 149 cm³/mol. The predicted octanol–water partition coefficient (Wildman–Crippen LogP) is 3.50. The van der Waals surface area contributed by atoms with Gasteiger partial charge in [0.2, 0.25) is 5.91 Å². The maximum absolute atomic E-state index is 12.9. The monoisotopic (exact) mass is 512 g/mol. The highest BCUT2D eigenvalue weighted by molar-refractivity contribution is 6.05. The van der Waals surface area contributed by atoms with Gasteiger partial charge in [-0.05, 0) is 48.2 Å². The van der Waals surface area contributed by atoms with Crippen LogP contribution in [0.25, 0.3) is 6.08 Å². The Morgan fingerprint density at radius 2 is 1.87 bits per heavy atom. The van der Waals surface area contributed by atoms with Crippen molar-refractivity contribution in [2.45, 2.75) is 18.9 Å². The number of rotatable bonds is 8. The maximum atomic E-state index is 12.9. The summed E-state index contributed by atoms with van der Waals surface area (Å²) in [6.45, 7) is 2.98. The molecule has 38 heavy (non-hydrogen) atoms. The van der Waals surface area contributed by atoms with Crippen molar-refractivity contribution in [3.05, 3.63) is 100.0 Å². The Labute approximate surface area is 221 Å². The molecule has 3 heterocycles. The third-order valence-corrected chi connectivity index (χ3v) is 7.16. The summed E-state index contributed by atoms with van der Waals surface area (Å²) in [6, 6.07) is 20.5. The number of nitrogens with zero attached hydrogens (tertiary/aromatic N) is 2. The number of methoxy groups -OCH3 is 1. The highest BCUT2D eigenvalue weighted by Gasteiger charge is 2.35. The van der Waals surface area contributed by atoms with Gasteiger partial charge in [0.15, 0.2) is 0 Å². The molecule has 2 aliphatic rings. The van der Waals surface area contributed by atoms with Gasteiger partial charge in [-0.2, -0.15) is 0 Å². The van der Waals surface area contributed by atoms with Crippen LogP contribution < -0.4 is 21.1 Å². The van der Waals surface area contributed by atoms with Crippen molar-refractivity contribution in [1.82, 2.24) is 9.88 Å². The number of carbonyl (C=O) groups is 2. The van der Waals surface area contributed by atoms with Crippen LogP contribution >= 0.6 is 0 Å². The number of amides is 2. The third-order valence-electron chi connectivity index (χ3n) is 7.16. The van der Waals surface area contributed by atoms with Crippen molar-refractivity contribution >= 4 is 29.3 Å². The van der Waals surface area contributed by atoms with Gasteiger partial charge in [-0.3, -0.25) is 14.4 Å². The molecule has 1 saturated heterocycles. The molecule has 1 fully saturated rings. The van der Waals surface area contributed by atoms with Crippen LogP contribution in [0.2, 0.25) is 0 Å². The molecule has 0 spiro atoms. The lowest BCUT2D eigenvalue weighted by molar-refractivity contribution is -0.111. The molecule has 2 aromatic carbocycles. The molecule has 5 rings (SSSR count). The summed E-state index contributed by atoms with van der Waals surface area (Å²) >= 11 is 0. The van der Waals surface area contributed by atoms with Gasteiger partial charge in [0, 0.05) is 62.6 Å². The summed E-state index contributed by atoms with van der Waals surface area (Å²) in [5, 5.41) is 5.85. The Morgan fingerprint density at radius 1 is 1.03 bits per heavy atom. The first-order chi connectivity index (χ1) is 18.5. The molecule has 2 aliphatic heterocycles. The first kappa shape index (κ1) is 25.5. The fourth-order valence-electron chi connectivity index (χ4n) is 5.43. The quantitative estimate of drug-likeness (QED) is 0.356. The van der Waals surface area contributed by atoms with E-state index in [2.05, 4.69) is 15.5 Å². The minimum Gasteiger partial charge on any atom is -0.383 e. The van der Waals surface area contributed by atoms with E-state index < -0.39 is 0 Å². The summed E-state index contributed by atoms with van der Waals surface area (Å²) in [7, 11) is 1.58. The molecule has 0 aliphatic carbocycles. The van der Waals surface area contributed by atoms with E-state index in [4.69, 9.17) is 4.74 Å². The van der Waals surface area contributed by atoms with E-state index in [0.29, 0.717) is 36.9 Å². The summed E-state index contributed by atoms with van der Waals surface area (Å²) < 4.78 is 6.93. The zero-order chi connectivity index (χ0) is 26.5. The van der Waals surface area contributed by atoms with Crippen molar-refractivity contribution in [1.29, 1.82) is 0 Å². The number of ether oxygens (including phenoxy) is 1. The average molecular weight is 513 g/mol. The van der Waals surface area contributed by atoms with Crippen LogP contribution in [0.3, 0.4) is 0 Å². The molecular formula is C30H32N4O4. The highest BCUT2D eigenvalue weighted by Crippen LogP contribution is 2.39. The van der Waals surface area contributed by atoms with E-state index >= 15 is 0 Å². The molecular weight excluding hydrogens is 480 g/mol. The second-order valence-electron chi connectivity index (χ2n) is 9.82. The fourth-order valence-corrected chi connectivity index (χ4v) is 5.43. The first-order valence-corrected chi connectivity index (χ1v) is 12.9. The zero-order valence-corrected chi connectivity index (χ0v) is 21.4. The molecule has 2 atom stereocenters. The van der Waals surface area contributed by atoms with Gasteiger partial charge >= 0.3 is 0 Å². The minimum absolute atomic E-state index is 0.0487. The number of hydrogen-bond donors (Lipinski definition) is 2. The topological polar surface area (TPSA) is 92.7 Å². The Bertz CT molecular complexity index is 1400. The largest absolute Gasteiger partial charge is 0.383 e. The van der Waals surface area contributed by atoms with Gasteiger partial charge in [-0.1, -0.05) is 36.4 Å². The molecule has 0 saturated carbocycles. The molecule has 2 bridgehead atoms. The van der Waals surface area contributed by atoms with Gasteiger partial charge in [0.25, 0.3) is 11.5 Å². The first-order valence-electron chi connectivity index (χ1n) is 12.9. The standard InChI is InChI=1S/C30H32N4O4/c1-38-15-14-31-30(37)23-11-12-27(25(17-23)32-28(35)13-10-21-6-3-2-4-7-21)33-18-22-16-24(20-33)26-8-5-9-29(36)34(26)19-22/h2-13,17,22,24H,14-16,18-20H2,1H3,(H,31,37)(H,32,35). The number of piperidine rings is 1. The number of pyridine rings is 1. The number of fused-ring (bicyclic) bond motifs is 4. The number of carbonyl (C=O) groups excluding carboxylic acids is 2. The molecule has 2 amide bonds. The van der Waals surface area contributed by atoms with E-state index in [0.717, 1.165) is 36.5 Å². The zero-order valence-electron chi connectivity index (χ0n) is 21.4. The minimum atomic E-state index is -0.277. The Hall–Kier alpha value is -4.17. The number of aromatic nitrogens is 1. The van der Waals surface area contributed by atoms with E-state index in [1.807, 2.05) is 53.1 Å². The highest BCUT2D eigenvalue weighted by atomic mass is 16.5. The Morgan fingerprint density at radius 3 is 2.68 bits per heavy atom. The average Bonchev–Trinajstić information content (AvgIpc) is 2.93. The number of benzene rings is 2. The van der Waals surface area contributed by atoms with Crippen LogP contribution in [0.1, 0.15) is 34.0 Å². The second kappa shape index (κ2) is 11.5. The van der Waals surface area contributed by atoms with E-state index in [1.165, 1.54) is 6.08 Å².